The van der Waals surface area contributed by atoms with E-state index in [0.717, 1.165) is 24.8 Å². The van der Waals surface area contributed by atoms with Gasteiger partial charge in [-0.1, -0.05) is 38.8 Å². The van der Waals surface area contributed by atoms with Crippen molar-refractivity contribution in [1.82, 2.24) is 10.2 Å². The summed E-state index contributed by atoms with van der Waals surface area (Å²) in [6.07, 6.45) is 8.13. The maximum atomic E-state index is 14.2. The second-order valence-corrected chi connectivity index (χ2v) is 13.1. The van der Waals surface area contributed by atoms with Crippen molar-refractivity contribution in [2.75, 3.05) is 27.4 Å². The van der Waals surface area contributed by atoms with Gasteiger partial charge in [-0.15, -0.1) is 0 Å². The van der Waals surface area contributed by atoms with Crippen molar-refractivity contribution in [2.45, 2.75) is 96.4 Å². The minimum Gasteiger partial charge on any atom is -0.393 e. The van der Waals surface area contributed by atoms with E-state index in [9.17, 15) is 19.5 Å². The SMILES string of the molecule is CCCC1O[C@@H]2C[C@H]3[C@@H]4CCC5=CC(=O)C=C[C@]5(C)[C@H]4[C@@H](O)C[C@]3(C)[C@]2(C(=O)COCN(C)C(=O)[C@H](C)NC)O1. The number of hydrogen-bond acceptors (Lipinski definition) is 8. The van der Waals surface area contributed by atoms with Crippen LogP contribution in [-0.2, 0) is 28.6 Å². The van der Waals surface area contributed by atoms with Crippen LogP contribution in [-0.4, -0.2) is 85.1 Å². The van der Waals surface area contributed by atoms with E-state index in [1.165, 1.54) is 4.90 Å². The highest BCUT2D eigenvalue weighted by Gasteiger charge is 2.75. The molecule has 1 unspecified atom stereocenters. The van der Waals surface area contributed by atoms with Gasteiger partial charge in [0.2, 0.25) is 5.91 Å². The number of carbonyl (C=O) groups excluding carboxylic acids is 3. The summed E-state index contributed by atoms with van der Waals surface area (Å²) < 4.78 is 18.9. The number of aliphatic hydroxyl groups is 1. The fourth-order valence-electron chi connectivity index (χ4n) is 8.91. The van der Waals surface area contributed by atoms with Gasteiger partial charge in [0, 0.05) is 23.8 Å². The normalized spacial score (nSPS) is 42.4. The molecule has 3 saturated carbocycles. The number of likely N-dealkylation sites (N-methyl/N-ethyl adjacent to an activating group) is 2. The van der Waals surface area contributed by atoms with Gasteiger partial charge in [-0.05, 0) is 70.1 Å². The fraction of sp³-hybridized carbons (Fsp3) is 0.774. The zero-order valence-corrected chi connectivity index (χ0v) is 24.8. The van der Waals surface area contributed by atoms with E-state index in [4.69, 9.17) is 14.2 Å². The molecule has 5 aliphatic rings. The zero-order valence-electron chi connectivity index (χ0n) is 24.8. The fourth-order valence-corrected chi connectivity index (χ4v) is 8.91. The van der Waals surface area contributed by atoms with Gasteiger partial charge in [0.25, 0.3) is 0 Å². The van der Waals surface area contributed by atoms with Gasteiger partial charge >= 0.3 is 0 Å². The van der Waals surface area contributed by atoms with Crippen LogP contribution in [0, 0.1) is 28.6 Å². The lowest BCUT2D eigenvalue weighted by Gasteiger charge is -2.59. The quantitative estimate of drug-likeness (QED) is 0.416. The predicted octanol–water partition coefficient (Wildman–Crippen LogP) is 2.76. The number of allylic oxidation sites excluding steroid dienone is 4. The minimum atomic E-state index is -1.22. The van der Waals surface area contributed by atoms with Crippen molar-refractivity contribution in [3.05, 3.63) is 23.8 Å². The van der Waals surface area contributed by atoms with Crippen molar-refractivity contribution in [3.63, 3.8) is 0 Å². The average molecular weight is 559 g/mol. The Morgan fingerprint density at radius 1 is 1.32 bits per heavy atom. The van der Waals surface area contributed by atoms with Gasteiger partial charge in [-0.2, -0.15) is 0 Å². The Bertz CT molecular complexity index is 1110. The summed E-state index contributed by atoms with van der Waals surface area (Å²) in [5, 5.41) is 14.7. The molecule has 9 nitrogen and oxygen atoms in total. The van der Waals surface area contributed by atoms with E-state index in [1.54, 1.807) is 33.2 Å². The average Bonchev–Trinajstić information content (AvgIpc) is 3.40. The second-order valence-electron chi connectivity index (χ2n) is 13.1. The number of nitrogens with one attached hydrogen (secondary N) is 1. The molecule has 1 aliphatic heterocycles. The molecule has 222 valence electrons. The van der Waals surface area contributed by atoms with Crippen LogP contribution >= 0.6 is 0 Å². The molecule has 2 N–H and O–H groups in total. The molecule has 10 atom stereocenters. The van der Waals surface area contributed by atoms with Crippen LogP contribution in [0.25, 0.3) is 0 Å². The molecule has 1 saturated heterocycles. The molecule has 4 fully saturated rings. The molecule has 0 bridgehead atoms. The van der Waals surface area contributed by atoms with E-state index in [1.807, 2.05) is 6.08 Å². The summed E-state index contributed by atoms with van der Waals surface area (Å²) in [6, 6.07) is -0.357. The van der Waals surface area contributed by atoms with Gasteiger partial charge < -0.3 is 29.5 Å². The van der Waals surface area contributed by atoms with Crippen LogP contribution in [0.3, 0.4) is 0 Å². The van der Waals surface area contributed by atoms with Crippen molar-refractivity contribution < 1.29 is 33.7 Å². The standard InChI is InChI=1S/C31H46N2O7/c1-7-8-26-39-25-14-22-21-10-9-19-13-20(34)11-12-29(19,3)27(21)23(35)15-30(22,4)31(25,40-26)24(36)16-38-17-33(6)28(37)18(2)32-5/h11-13,18,21-23,25-27,32,35H,7-10,14-17H2,1-6H3/t18-,21-,22-,23-,25+,26?,27+,29-,30-,31+/m0/s1. The highest BCUT2D eigenvalue weighted by Crippen LogP contribution is 2.69. The molecule has 40 heavy (non-hydrogen) atoms. The number of aliphatic hydroxyl groups excluding tert-OH is 1. The summed E-state index contributed by atoms with van der Waals surface area (Å²) in [5.41, 5.74) is -1.15. The van der Waals surface area contributed by atoms with E-state index >= 15 is 0 Å². The Balaban J connectivity index is 1.41. The molecule has 1 heterocycles. The summed E-state index contributed by atoms with van der Waals surface area (Å²) in [4.78, 5) is 40.3. The van der Waals surface area contributed by atoms with Crippen LogP contribution in [0.1, 0.15) is 66.2 Å². The van der Waals surface area contributed by atoms with Crippen LogP contribution in [0.5, 0.6) is 0 Å². The number of ketones is 2. The number of Topliss-reactive ketones (excluding diaryl/α,β-unsaturated/α-hetero) is 1. The Morgan fingerprint density at radius 2 is 2.08 bits per heavy atom. The lowest BCUT2D eigenvalue weighted by molar-refractivity contribution is -0.201. The maximum Gasteiger partial charge on any atom is 0.240 e. The first-order valence-electron chi connectivity index (χ1n) is 14.9. The summed E-state index contributed by atoms with van der Waals surface area (Å²) >= 11 is 0. The van der Waals surface area contributed by atoms with Gasteiger partial charge in [0.15, 0.2) is 23.5 Å². The second kappa shape index (κ2) is 10.7. The van der Waals surface area contributed by atoms with Gasteiger partial charge in [-0.3, -0.25) is 14.4 Å². The highest BCUT2D eigenvalue weighted by atomic mass is 16.7. The maximum absolute atomic E-state index is 14.2. The first-order valence-corrected chi connectivity index (χ1v) is 14.9. The molecular weight excluding hydrogens is 512 g/mol. The Labute approximate surface area is 237 Å². The molecule has 0 aromatic heterocycles. The van der Waals surface area contributed by atoms with E-state index in [2.05, 4.69) is 26.1 Å². The Hall–Kier alpha value is -1.91. The van der Waals surface area contributed by atoms with Gasteiger partial charge in [0.1, 0.15) is 13.3 Å². The van der Waals surface area contributed by atoms with Crippen LogP contribution < -0.4 is 5.32 Å². The molecule has 0 aromatic rings. The monoisotopic (exact) mass is 558 g/mol. The number of amides is 1. The Morgan fingerprint density at radius 3 is 2.77 bits per heavy atom. The first kappa shape index (κ1) is 29.6. The third-order valence-electron chi connectivity index (χ3n) is 10.9. The predicted molar refractivity (Wildman–Crippen MR) is 148 cm³/mol. The van der Waals surface area contributed by atoms with E-state index in [0.29, 0.717) is 19.3 Å². The molecule has 0 radical (unpaired) electrons. The topological polar surface area (TPSA) is 114 Å². The smallest absolute Gasteiger partial charge is 0.240 e. The van der Waals surface area contributed by atoms with Crippen LogP contribution in [0.4, 0.5) is 0 Å². The highest BCUT2D eigenvalue weighted by molar-refractivity contribution is 6.01. The van der Waals surface area contributed by atoms with Crippen molar-refractivity contribution >= 4 is 17.5 Å². The van der Waals surface area contributed by atoms with Crippen molar-refractivity contribution in [2.24, 2.45) is 28.6 Å². The molecule has 0 spiro atoms. The number of carbonyl (C=O) groups is 3. The number of fused-ring (bicyclic) bond motifs is 7. The van der Waals surface area contributed by atoms with Crippen molar-refractivity contribution in [1.29, 1.82) is 0 Å². The molecule has 0 aromatic carbocycles. The first-order chi connectivity index (χ1) is 18.9. The molecular formula is C31H46N2O7. The summed E-state index contributed by atoms with van der Waals surface area (Å²) in [6.45, 7) is 7.87. The summed E-state index contributed by atoms with van der Waals surface area (Å²) in [7, 11) is 3.37. The van der Waals surface area contributed by atoms with E-state index < -0.39 is 29.5 Å². The number of ether oxygens (including phenoxy) is 3. The third kappa shape index (κ3) is 4.35. The Kier molecular flexibility index (Phi) is 7.94. The van der Waals surface area contributed by atoms with Gasteiger partial charge in [0.05, 0.1) is 18.2 Å². The lowest BCUT2D eigenvalue weighted by Crippen LogP contribution is -2.63. The zero-order chi connectivity index (χ0) is 29.0. The van der Waals surface area contributed by atoms with Crippen LogP contribution in [0.2, 0.25) is 0 Å². The molecule has 1 amide bonds. The lowest BCUT2D eigenvalue weighted by atomic mass is 9.46. The number of nitrogens with zero attached hydrogens (tertiary/aromatic N) is 1. The molecule has 4 aliphatic carbocycles. The largest absolute Gasteiger partial charge is 0.393 e. The molecule has 5 rings (SSSR count). The summed E-state index contributed by atoms with van der Waals surface area (Å²) in [5.74, 6) is -0.0624. The number of hydrogen-bond donors (Lipinski definition) is 2. The minimum absolute atomic E-state index is 0.0113. The molecule has 9 heteroatoms. The van der Waals surface area contributed by atoms with Crippen molar-refractivity contribution in [3.8, 4) is 0 Å². The van der Waals surface area contributed by atoms with Crippen LogP contribution in [0.15, 0.2) is 23.8 Å². The van der Waals surface area contributed by atoms with E-state index in [-0.39, 0.29) is 60.0 Å². The van der Waals surface area contributed by atoms with Gasteiger partial charge in [-0.25, -0.2) is 0 Å². The third-order valence-corrected chi connectivity index (χ3v) is 10.9. The number of rotatable bonds is 9.